The summed E-state index contributed by atoms with van der Waals surface area (Å²) in [6.07, 6.45) is 0.152. The van der Waals surface area contributed by atoms with Crippen molar-refractivity contribution in [2.75, 3.05) is 14.2 Å². The van der Waals surface area contributed by atoms with Gasteiger partial charge in [-0.25, -0.2) is 9.45 Å². The van der Waals surface area contributed by atoms with Crippen molar-refractivity contribution in [2.24, 2.45) is 0 Å². The lowest BCUT2D eigenvalue weighted by atomic mass is 10.1. The van der Waals surface area contributed by atoms with Gasteiger partial charge in [0.2, 0.25) is 0 Å². The molecule has 0 fully saturated rings. The molecule has 0 saturated heterocycles. The average molecular weight is 163 g/mol. The number of rotatable bonds is 3. The monoisotopic (exact) mass is 163 g/mol. The van der Waals surface area contributed by atoms with Crippen LogP contribution in [0.2, 0.25) is 0 Å². The van der Waals surface area contributed by atoms with E-state index in [1.54, 1.807) is 6.92 Å². The van der Waals surface area contributed by atoms with Gasteiger partial charge in [0, 0.05) is 7.05 Å². The van der Waals surface area contributed by atoms with E-state index in [0.29, 0.717) is 0 Å². The highest BCUT2D eigenvalue weighted by Gasteiger charge is 2.33. The first kappa shape index (κ1) is 10.4. The summed E-state index contributed by atoms with van der Waals surface area (Å²) < 4.78 is 13.2. The molecule has 0 aliphatic heterocycles. The molecular weight excluding hydrogens is 149 g/mol. The maximum atomic E-state index is 13.2. The Kier molecular flexibility index (Phi) is 3.45. The van der Waals surface area contributed by atoms with E-state index in [1.807, 2.05) is 0 Å². The predicted octanol–water partition coefficient (Wildman–Crippen LogP) is 1.14. The van der Waals surface area contributed by atoms with Crippen molar-refractivity contribution in [1.29, 1.82) is 0 Å². The first-order valence-corrected chi connectivity index (χ1v) is 3.47. The van der Waals surface area contributed by atoms with Crippen LogP contribution in [0.15, 0.2) is 0 Å². The molecule has 1 unspecified atom stereocenters. The van der Waals surface area contributed by atoms with E-state index < -0.39 is 11.6 Å². The zero-order valence-corrected chi connectivity index (χ0v) is 7.35. The summed E-state index contributed by atoms with van der Waals surface area (Å²) in [4.78, 5) is 15.6. The standard InChI is InChI=1S/C7H14FNO2/c1-5-7(2,8)6(10)9(3)11-4/h5H2,1-4H3. The Morgan fingerprint density at radius 3 is 2.45 bits per heavy atom. The van der Waals surface area contributed by atoms with Gasteiger partial charge in [-0.15, -0.1) is 0 Å². The van der Waals surface area contributed by atoms with Crippen LogP contribution in [-0.4, -0.2) is 30.8 Å². The minimum atomic E-state index is -1.81. The molecule has 3 nitrogen and oxygen atoms in total. The van der Waals surface area contributed by atoms with Gasteiger partial charge in [0.15, 0.2) is 5.67 Å². The molecule has 1 amide bonds. The van der Waals surface area contributed by atoms with Crippen LogP contribution in [0.4, 0.5) is 4.39 Å². The topological polar surface area (TPSA) is 29.5 Å². The van der Waals surface area contributed by atoms with E-state index in [1.165, 1.54) is 21.1 Å². The van der Waals surface area contributed by atoms with Crippen molar-refractivity contribution in [2.45, 2.75) is 25.9 Å². The van der Waals surface area contributed by atoms with E-state index in [9.17, 15) is 9.18 Å². The van der Waals surface area contributed by atoms with Gasteiger partial charge in [0.1, 0.15) is 0 Å². The number of hydrogen-bond acceptors (Lipinski definition) is 2. The molecular formula is C7H14FNO2. The Hall–Kier alpha value is -0.640. The van der Waals surface area contributed by atoms with Crippen molar-refractivity contribution in [3.8, 4) is 0 Å². The lowest BCUT2D eigenvalue weighted by Gasteiger charge is -2.22. The smallest absolute Gasteiger partial charge is 0.274 e. The second-order valence-corrected chi connectivity index (χ2v) is 2.54. The van der Waals surface area contributed by atoms with Crippen LogP contribution in [0, 0.1) is 0 Å². The Morgan fingerprint density at radius 1 is 1.73 bits per heavy atom. The van der Waals surface area contributed by atoms with Gasteiger partial charge in [0.05, 0.1) is 7.11 Å². The molecule has 1 atom stereocenters. The van der Waals surface area contributed by atoms with Crippen LogP contribution in [0.25, 0.3) is 0 Å². The number of carbonyl (C=O) groups is 1. The van der Waals surface area contributed by atoms with Gasteiger partial charge in [-0.2, -0.15) is 0 Å². The van der Waals surface area contributed by atoms with Gasteiger partial charge in [-0.1, -0.05) is 6.92 Å². The van der Waals surface area contributed by atoms with E-state index in [4.69, 9.17) is 0 Å². The molecule has 4 heteroatoms. The number of amides is 1. The molecule has 0 radical (unpaired) electrons. The molecule has 0 aliphatic carbocycles. The lowest BCUT2D eigenvalue weighted by Crippen LogP contribution is -2.41. The van der Waals surface area contributed by atoms with Crippen LogP contribution in [0.5, 0.6) is 0 Å². The van der Waals surface area contributed by atoms with E-state index >= 15 is 0 Å². The second kappa shape index (κ2) is 3.67. The third kappa shape index (κ3) is 2.46. The van der Waals surface area contributed by atoms with E-state index in [0.717, 1.165) is 5.06 Å². The highest BCUT2D eigenvalue weighted by atomic mass is 19.1. The van der Waals surface area contributed by atoms with Gasteiger partial charge in [-0.05, 0) is 13.3 Å². The molecule has 0 saturated carbocycles. The summed E-state index contributed by atoms with van der Waals surface area (Å²) in [7, 11) is 2.71. The number of hydroxylamine groups is 2. The minimum Gasteiger partial charge on any atom is -0.274 e. The maximum absolute atomic E-state index is 13.2. The summed E-state index contributed by atoms with van der Waals surface area (Å²) in [5, 5.41) is 0.892. The molecule has 66 valence electrons. The maximum Gasteiger partial charge on any atom is 0.283 e. The van der Waals surface area contributed by atoms with Crippen LogP contribution < -0.4 is 0 Å². The van der Waals surface area contributed by atoms with Gasteiger partial charge >= 0.3 is 0 Å². The number of halogens is 1. The number of alkyl halides is 1. The zero-order valence-electron chi connectivity index (χ0n) is 7.35. The molecule has 11 heavy (non-hydrogen) atoms. The lowest BCUT2D eigenvalue weighted by molar-refractivity contribution is -0.181. The first-order valence-electron chi connectivity index (χ1n) is 3.47. The normalized spacial score (nSPS) is 15.7. The Bertz CT molecular complexity index is 147. The SMILES string of the molecule is CCC(C)(F)C(=O)N(C)OC. The first-order chi connectivity index (χ1) is 4.95. The molecule has 0 spiro atoms. The van der Waals surface area contributed by atoms with Crippen molar-refractivity contribution in [1.82, 2.24) is 5.06 Å². The fraction of sp³-hybridized carbons (Fsp3) is 0.857. The van der Waals surface area contributed by atoms with Gasteiger partial charge < -0.3 is 0 Å². The van der Waals surface area contributed by atoms with Crippen LogP contribution in [-0.2, 0) is 9.63 Å². The molecule has 0 N–H and O–H groups in total. The summed E-state index contributed by atoms with van der Waals surface area (Å²) in [6.45, 7) is 2.85. The third-order valence-corrected chi connectivity index (χ3v) is 1.67. The zero-order chi connectivity index (χ0) is 9.07. The molecule has 0 aromatic heterocycles. The third-order valence-electron chi connectivity index (χ3n) is 1.67. The Balaban J connectivity index is 4.23. The summed E-state index contributed by atoms with van der Waals surface area (Å²) >= 11 is 0. The van der Waals surface area contributed by atoms with Gasteiger partial charge in [-0.3, -0.25) is 9.63 Å². The molecule has 0 bridgehead atoms. The second-order valence-electron chi connectivity index (χ2n) is 2.54. The fourth-order valence-electron chi connectivity index (χ4n) is 0.562. The Labute approximate surface area is 66.1 Å². The molecule has 0 aromatic rings. The molecule has 0 aromatic carbocycles. The van der Waals surface area contributed by atoms with Crippen LogP contribution in [0.3, 0.4) is 0 Å². The molecule has 0 rings (SSSR count). The average Bonchev–Trinajstić information content (AvgIpc) is 2.01. The van der Waals surface area contributed by atoms with E-state index in [2.05, 4.69) is 4.84 Å². The van der Waals surface area contributed by atoms with Gasteiger partial charge in [0.25, 0.3) is 5.91 Å². The summed E-state index contributed by atoms with van der Waals surface area (Å²) in [6, 6.07) is 0. The largest absolute Gasteiger partial charge is 0.283 e. The fourth-order valence-corrected chi connectivity index (χ4v) is 0.562. The number of carbonyl (C=O) groups excluding carboxylic acids is 1. The van der Waals surface area contributed by atoms with Crippen molar-refractivity contribution >= 4 is 5.91 Å². The van der Waals surface area contributed by atoms with Crippen molar-refractivity contribution in [3.63, 3.8) is 0 Å². The van der Waals surface area contributed by atoms with E-state index in [-0.39, 0.29) is 6.42 Å². The Morgan fingerprint density at radius 2 is 2.18 bits per heavy atom. The predicted molar refractivity (Wildman–Crippen MR) is 39.6 cm³/mol. The quantitative estimate of drug-likeness (QED) is 0.584. The van der Waals surface area contributed by atoms with Crippen LogP contribution in [0.1, 0.15) is 20.3 Å². The highest BCUT2D eigenvalue weighted by molar-refractivity contribution is 5.83. The molecule has 0 heterocycles. The summed E-state index contributed by atoms with van der Waals surface area (Å²) in [5.41, 5.74) is -1.81. The number of nitrogens with zero attached hydrogens (tertiary/aromatic N) is 1. The van der Waals surface area contributed by atoms with Crippen LogP contribution >= 0.6 is 0 Å². The summed E-state index contributed by atoms with van der Waals surface area (Å²) in [5.74, 6) is -0.650. The van der Waals surface area contributed by atoms with Crippen molar-refractivity contribution in [3.05, 3.63) is 0 Å². The number of hydrogen-bond donors (Lipinski definition) is 0. The minimum absolute atomic E-state index is 0.152. The van der Waals surface area contributed by atoms with Crippen molar-refractivity contribution < 1.29 is 14.0 Å². The molecule has 0 aliphatic rings. The highest BCUT2D eigenvalue weighted by Crippen LogP contribution is 2.17.